The Morgan fingerprint density at radius 3 is 2.75 bits per heavy atom. The lowest BCUT2D eigenvalue weighted by Crippen LogP contribution is -2.44. The maximum Gasteiger partial charge on any atom is 0.401 e. The van der Waals surface area contributed by atoms with E-state index in [1.165, 1.54) is 4.90 Å². The molecule has 1 aliphatic heterocycles. The summed E-state index contributed by atoms with van der Waals surface area (Å²) in [4.78, 5) is 10.2. The molecule has 5 nitrogen and oxygen atoms in total. The van der Waals surface area contributed by atoms with Crippen molar-refractivity contribution in [2.24, 2.45) is 4.99 Å². The van der Waals surface area contributed by atoms with Crippen LogP contribution in [0.25, 0.3) is 10.6 Å². The Bertz CT molecular complexity index is 766. The third kappa shape index (κ3) is 6.89. The van der Waals surface area contributed by atoms with Crippen LogP contribution in [0, 0.1) is 0 Å². The van der Waals surface area contributed by atoms with Crippen molar-refractivity contribution in [2.75, 3.05) is 26.7 Å². The van der Waals surface area contributed by atoms with Gasteiger partial charge in [0.1, 0.15) is 5.01 Å². The average molecular weight is 525 g/mol. The fourth-order valence-electron chi connectivity index (χ4n) is 3.01. The van der Waals surface area contributed by atoms with Gasteiger partial charge in [0.25, 0.3) is 0 Å². The lowest BCUT2D eigenvalue weighted by Gasteiger charge is -2.19. The van der Waals surface area contributed by atoms with Gasteiger partial charge in [0.2, 0.25) is 0 Å². The Morgan fingerprint density at radius 2 is 2.07 bits per heavy atom. The van der Waals surface area contributed by atoms with Gasteiger partial charge in [-0.05, 0) is 6.42 Å². The minimum absolute atomic E-state index is 0. The second-order valence-corrected chi connectivity index (χ2v) is 7.27. The fourth-order valence-corrected chi connectivity index (χ4v) is 3.84. The highest BCUT2D eigenvalue weighted by atomic mass is 127. The fraction of sp³-hybridized carbons (Fsp3) is 0.444. The Kier molecular flexibility index (Phi) is 8.50. The molecule has 0 bridgehead atoms. The summed E-state index contributed by atoms with van der Waals surface area (Å²) in [7, 11) is 1.65. The summed E-state index contributed by atoms with van der Waals surface area (Å²) in [6.07, 6.45) is -3.50. The van der Waals surface area contributed by atoms with Crippen molar-refractivity contribution in [1.29, 1.82) is 0 Å². The van der Waals surface area contributed by atoms with E-state index in [1.807, 2.05) is 35.7 Å². The number of alkyl halides is 3. The largest absolute Gasteiger partial charge is 0.401 e. The number of benzene rings is 1. The molecule has 1 saturated heterocycles. The first-order valence-corrected chi connectivity index (χ1v) is 9.57. The van der Waals surface area contributed by atoms with Gasteiger partial charge in [-0.15, -0.1) is 35.3 Å². The van der Waals surface area contributed by atoms with Crippen LogP contribution in [0.2, 0.25) is 0 Å². The van der Waals surface area contributed by atoms with Gasteiger partial charge in [-0.2, -0.15) is 13.2 Å². The van der Waals surface area contributed by atoms with E-state index < -0.39 is 12.7 Å². The number of aliphatic imine (C=N–C) groups is 1. The third-order valence-electron chi connectivity index (χ3n) is 4.25. The van der Waals surface area contributed by atoms with Crippen molar-refractivity contribution in [3.05, 3.63) is 41.4 Å². The molecule has 10 heteroatoms. The van der Waals surface area contributed by atoms with Crippen molar-refractivity contribution < 1.29 is 13.2 Å². The molecular weight excluding hydrogens is 502 g/mol. The minimum Gasteiger partial charge on any atom is -0.352 e. The van der Waals surface area contributed by atoms with Crippen LogP contribution in [0.5, 0.6) is 0 Å². The van der Waals surface area contributed by atoms with Crippen LogP contribution >= 0.6 is 35.3 Å². The topological polar surface area (TPSA) is 52.6 Å². The minimum atomic E-state index is -4.16. The van der Waals surface area contributed by atoms with E-state index in [1.54, 1.807) is 18.4 Å². The number of likely N-dealkylation sites (tertiary alicyclic amines) is 1. The summed E-state index contributed by atoms with van der Waals surface area (Å²) in [5.41, 5.74) is 1.97. The molecule has 2 heterocycles. The second-order valence-electron chi connectivity index (χ2n) is 6.42. The number of aromatic nitrogens is 1. The molecule has 1 aliphatic rings. The average Bonchev–Trinajstić information content (AvgIpc) is 3.27. The highest BCUT2D eigenvalue weighted by molar-refractivity contribution is 14.0. The van der Waals surface area contributed by atoms with Crippen molar-refractivity contribution in [2.45, 2.75) is 25.2 Å². The van der Waals surface area contributed by atoms with Gasteiger partial charge >= 0.3 is 6.18 Å². The molecule has 154 valence electrons. The Hall–Kier alpha value is -1.40. The summed E-state index contributed by atoms with van der Waals surface area (Å²) in [6.45, 7) is 0.427. The number of guanidine groups is 1. The smallest absolute Gasteiger partial charge is 0.352 e. The summed E-state index contributed by atoms with van der Waals surface area (Å²) in [6, 6.07) is 9.91. The molecule has 0 saturated carbocycles. The first-order valence-electron chi connectivity index (χ1n) is 8.69. The standard InChI is InChI=1S/C18H22F3N5S.HI/c1-22-17(25-14-7-8-26(10-14)12-18(19,20)21)23-9-15-11-27-16(24-15)13-5-3-2-4-6-13;/h2-6,11,14H,7-10,12H2,1H3,(H2,22,23,25);1H. The number of hydrogen-bond acceptors (Lipinski definition) is 4. The number of hydrogen-bond donors (Lipinski definition) is 2. The van der Waals surface area contributed by atoms with Crippen molar-refractivity contribution in [3.63, 3.8) is 0 Å². The molecule has 0 spiro atoms. The molecule has 1 fully saturated rings. The second kappa shape index (κ2) is 10.4. The molecule has 2 aromatic rings. The quantitative estimate of drug-likeness (QED) is 0.355. The summed E-state index contributed by atoms with van der Waals surface area (Å²) in [5.74, 6) is 0.572. The number of rotatable bonds is 5. The van der Waals surface area contributed by atoms with Crippen molar-refractivity contribution >= 4 is 41.3 Å². The molecule has 1 aromatic heterocycles. The van der Waals surface area contributed by atoms with Crippen LogP contribution in [0.3, 0.4) is 0 Å². The molecule has 0 radical (unpaired) electrons. The molecule has 1 unspecified atom stereocenters. The summed E-state index contributed by atoms with van der Waals surface area (Å²) < 4.78 is 37.5. The number of thiazole rings is 1. The van der Waals surface area contributed by atoms with Crippen molar-refractivity contribution in [3.8, 4) is 10.6 Å². The SMILES string of the molecule is CN=C(NCc1csc(-c2ccccc2)n1)NC1CCN(CC(F)(F)F)C1.I. The summed E-state index contributed by atoms with van der Waals surface area (Å²) in [5, 5.41) is 9.32. The molecule has 1 aromatic carbocycles. The van der Waals surface area contributed by atoms with E-state index in [4.69, 9.17) is 0 Å². The van der Waals surface area contributed by atoms with Gasteiger partial charge in [-0.3, -0.25) is 9.89 Å². The van der Waals surface area contributed by atoms with E-state index in [-0.39, 0.29) is 30.0 Å². The first kappa shape index (κ1) is 22.9. The van der Waals surface area contributed by atoms with E-state index in [0.29, 0.717) is 32.0 Å². The van der Waals surface area contributed by atoms with Crippen LogP contribution < -0.4 is 10.6 Å². The summed E-state index contributed by atoms with van der Waals surface area (Å²) >= 11 is 1.58. The van der Waals surface area contributed by atoms with E-state index in [9.17, 15) is 13.2 Å². The lowest BCUT2D eigenvalue weighted by atomic mass is 10.2. The number of halogens is 4. The molecule has 0 amide bonds. The molecular formula is C18H23F3IN5S. The normalized spacial score (nSPS) is 18.0. The van der Waals surface area contributed by atoms with Crippen LogP contribution in [-0.4, -0.2) is 54.7 Å². The van der Waals surface area contributed by atoms with Gasteiger partial charge in [0.15, 0.2) is 5.96 Å². The van der Waals surface area contributed by atoms with Gasteiger partial charge in [0.05, 0.1) is 18.8 Å². The zero-order chi connectivity index (χ0) is 19.3. The number of nitrogens with one attached hydrogen (secondary N) is 2. The Balaban J connectivity index is 0.00000280. The van der Waals surface area contributed by atoms with Gasteiger partial charge in [0, 0.05) is 37.1 Å². The zero-order valence-electron chi connectivity index (χ0n) is 15.4. The maximum absolute atomic E-state index is 12.5. The van der Waals surface area contributed by atoms with Crippen molar-refractivity contribution in [1.82, 2.24) is 20.5 Å². The molecule has 3 rings (SSSR count). The molecule has 28 heavy (non-hydrogen) atoms. The highest BCUT2D eigenvalue weighted by Gasteiger charge is 2.34. The van der Waals surface area contributed by atoms with Crippen LogP contribution in [-0.2, 0) is 6.54 Å². The molecule has 2 N–H and O–H groups in total. The number of nitrogens with zero attached hydrogens (tertiary/aromatic N) is 3. The molecule has 1 atom stereocenters. The Labute approximate surface area is 183 Å². The highest BCUT2D eigenvalue weighted by Crippen LogP contribution is 2.23. The van der Waals surface area contributed by atoms with E-state index in [2.05, 4.69) is 20.6 Å². The van der Waals surface area contributed by atoms with Crippen LogP contribution in [0.4, 0.5) is 13.2 Å². The zero-order valence-corrected chi connectivity index (χ0v) is 18.5. The van der Waals surface area contributed by atoms with E-state index in [0.717, 1.165) is 16.3 Å². The lowest BCUT2D eigenvalue weighted by molar-refractivity contribution is -0.143. The molecule has 0 aliphatic carbocycles. The van der Waals surface area contributed by atoms with Gasteiger partial charge in [-0.1, -0.05) is 30.3 Å². The van der Waals surface area contributed by atoms with E-state index >= 15 is 0 Å². The monoisotopic (exact) mass is 525 g/mol. The predicted molar refractivity (Wildman–Crippen MR) is 117 cm³/mol. The van der Waals surface area contributed by atoms with Gasteiger partial charge < -0.3 is 10.6 Å². The van der Waals surface area contributed by atoms with Crippen LogP contribution in [0.15, 0.2) is 40.7 Å². The first-order chi connectivity index (χ1) is 12.9. The van der Waals surface area contributed by atoms with Gasteiger partial charge in [-0.25, -0.2) is 4.98 Å². The van der Waals surface area contributed by atoms with Crippen LogP contribution in [0.1, 0.15) is 12.1 Å². The maximum atomic E-state index is 12.5. The predicted octanol–water partition coefficient (Wildman–Crippen LogP) is 3.73. The third-order valence-corrected chi connectivity index (χ3v) is 5.19. The Morgan fingerprint density at radius 1 is 1.32 bits per heavy atom.